The van der Waals surface area contributed by atoms with Gasteiger partial charge in [0.2, 0.25) is 5.91 Å². The number of carbonyl (C=O) groups excluding carboxylic acids is 1. The van der Waals surface area contributed by atoms with E-state index in [1.54, 1.807) is 0 Å². The standard InChI is InChI=1S/C16H24N2O/c19-15(14-9-11-2-3-12(14)8-11)18-13-4-7-17-16(10-13)5-1-6-16/h2-3,11-14,17H,1,4-10H2,(H,18,19). The molecule has 1 heterocycles. The minimum absolute atomic E-state index is 0.266. The molecule has 1 aliphatic heterocycles. The summed E-state index contributed by atoms with van der Waals surface area (Å²) in [5, 5.41) is 7.03. The molecule has 1 saturated heterocycles. The van der Waals surface area contributed by atoms with Crippen molar-refractivity contribution in [2.24, 2.45) is 17.8 Å². The van der Waals surface area contributed by atoms with Crippen molar-refractivity contribution in [3.8, 4) is 0 Å². The number of hydrogen-bond acceptors (Lipinski definition) is 2. The topological polar surface area (TPSA) is 41.1 Å². The Balaban J connectivity index is 1.36. The van der Waals surface area contributed by atoms with Gasteiger partial charge in [0.05, 0.1) is 0 Å². The maximum atomic E-state index is 12.5. The van der Waals surface area contributed by atoms with Gasteiger partial charge in [-0.05, 0) is 63.3 Å². The van der Waals surface area contributed by atoms with Crippen molar-refractivity contribution < 1.29 is 4.79 Å². The molecule has 2 N–H and O–H groups in total. The minimum atomic E-state index is 0.266. The molecule has 104 valence electrons. The zero-order valence-corrected chi connectivity index (χ0v) is 11.5. The first-order valence-corrected chi connectivity index (χ1v) is 7.98. The predicted molar refractivity (Wildman–Crippen MR) is 74.6 cm³/mol. The maximum absolute atomic E-state index is 12.5. The normalized spacial score (nSPS) is 42.3. The van der Waals surface area contributed by atoms with Gasteiger partial charge in [-0.3, -0.25) is 4.79 Å². The molecule has 4 unspecified atom stereocenters. The van der Waals surface area contributed by atoms with Crippen molar-refractivity contribution in [2.45, 2.75) is 56.5 Å². The average molecular weight is 260 g/mol. The molecule has 2 saturated carbocycles. The van der Waals surface area contributed by atoms with Gasteiger partial charge in [-0.1, -0.05) is 12.2 Å². The number of hydrogen-bond donors (Lipinski definition) is 2. The molecule has 3 heteroatoms. The van der Waals surface area contributed by atoms with Crippen molar-refractivity contribution in [3.05, 3.63) is 12.2 Å². The molecule has 3 nitrogen and oxygen atoms in total. The highest BCUT2D eigenvalue weighted by atomic mass is 16.2. The third-order valence-electron chi connectivity index (χ3n) is 5.90. The van der Waals surface area contributed by atoms with Gasteiger partial charge >= 0.3 is 0 Å². The fourth-order valence-corrected chi connectivity index (χ4v) is 4.66. The molecular formula is C16H24N2O. The van der Waals surface area contributed by atoms with E-state index in [0.717, 1.165) is 25.8 Å². The van der Waals surface area contributed by atoms with E-state index in [4.69, 9.17) is 0 Å². The number of fused-ring (bicyclic) bond motifs is 2. The van der Waals surface area contributed by atoms with Crippen LogP contribution in [-0.2, 0) is 4.79 Å². The molecule has 2 bridgehead atoms. The van der Waals surface area contributed by atoms with Gasteiger partial charge in [-0.2, -0.15) is 0 Å². The van der Waals surface area contributed by atoms with Crippen LogP contribution in [0.15, 0.2) is 12.2 Å². The van der Waals surface area contributed by atoms with E-state index >= 15 is 0 Å². The van der Waals surface area contributed by atoms with Gasteiger partial charge in [0.1, 0.15) is 0 Å². The molecule has 0 aromatic heterocycles. The lowest BCUT2D eigenvalue weighted by Gasteiger charge is -2.48. The predicted octanol–water partition coefficient (Wildman–Crippen LogP) is 1.99. The molecule has 3 fully saturated rings. The van der Waals surface area contributed by atoms with Gasteiger partial charge in [0.25, 0.3) is 0 Å². The van der Waals surface area contributed by atoms with Gasteiger partial charge < -0.3 is 10.6 Å². The van der Waals surface area contributed by atoms with Gasteiger partial charge in [-0.15, -0.1) is 0 Å². The Morgan fingerprint density at radius 3 is 2.79 bits per heavy atom. The van der Waals surface area contributed by atoms with Crippen LogP contribution in [-0.4, -0.2) is 24.0 Å². The first-order chi connectivity index (χ1) is 9.24. The summed E-state index contributed by atoms with van der Waals surface area (Å²) in [5.74, 6) is 1.82. The van der Waals surface area contributed by atoms with Crippen LogP contribution in [0.25, 0.3) is 0 Å². The largest absolute Gasteiger partial charge is 0.353 e. The van der Waals surface area contributed by atoms with E-state index in [1.807, 2.05) is 0 Å². The van der Waals surface area contributed by atoms with Crippen molar-refractivity contribution in [3.63, 3.8) is 0 Å². The zero-order valence-electron chi connectivity index (χ0n) is 11.5. The Morgan fingerprint density at radius 2 is 2.16 bits per heavy atom. The monoisotopic (exact) mass is 260 g/mol. The summed E-state index contributed by atoms with van der Waals surface area (Å²) in [6, 6.07) is 0.414. The van der Waals surface area contributed by atoms with E-state index in [-0.39, 0.29) is 5.92 Å². The molecular weight excluding hydrogens is 236 g/mol. The van der Waals surface area contributed by atoms with Crippen LogP contribution in [0.2, 0.25) is 0 Å². The Morgan fingerprint density at radius 1 is 1.26 bits per heavy atom. The van der Waals surface area contributed by atoms with Crippen molar-refractivity contribution in [2.75, 3.05) is 6.54 Å². The molecule has 0 aromatic rings. The van der Waals surface area contributed by atoms with Crippen molar-refractivity contribution >= 4 is 5.91 Å². The number of amides is 1. The zero-order chi connectivity index (χ0) is 12.9. The molecule has 19 heavy (non-hydrogen) atoms. The second kappa shape index (κ2) is 4.34. The smallest absolute Gasteiger partial charge is 0.223 e. The first kappa shape index (κ1) is 12.0. The Kier molecular flexibility index (Phi) is 2.73. The summed E-state index contributed by atoms with van der Waals surface area (Å²) in [5.41, 5.74) is 0.380. The van der Waals surface area contributed by atoms with E-state index in [0.29, 0.717) is 29.3 Å². The maximum Gasteiger partial charge on any atom is 0.223 e. The summed E-state index contributed by atoms with van der Waals surface area (Å²) in [4.78, 5) is 12.5. The van der Waals surface area contributed by atoms with Crippen LogP contribution in [0.1, 0.15) is 44.9 Å². The Bertz CT molecular complexity index is 413. The summed E-state index contributed by atoms with van der Waals surface area (Å²) in [7, 11) is 0. The average Bonchev–Trinajstić information content (AvgIpc) is 2.99. The van der Waals surface area contributed by atoms with E-state index in [2.05, 4.69) is 22.8 Å². The van der Waals surface area contributed by atoms with Crippen LogP contribution in [0.3, 0.4) is 0 Å². The lowest BCUT2D eigenvalue weighted by Crippen LogP contribution is -2.60. The van der Waals surface area contributed by atoms with Crippen LogP contribution in [0.5, 0.6) is 0 Å². The quantitative estimate of drug-likeness (QED) is 0.746. The summed E-state index contributed by atoms with van der Waals surface area (Å²) in [6.45, 7) is 1.07. The highest BCUT2D eigenvalue weighted by Crippen LogP contribution is 2.44. The van der Waals surface area contributed by atoms with E-state index < -0.39 is 0 Å². The lowest BCUT2D eigenvalue weighted by atomic mass is 9.70. The van der Waals surface area contributed by atoms with Crippen LogP contribution < -0.4 is 10.6 Å². The SMILES string of the molecule is O=C(NC1CCNC2(CCC2)C1)C1CC2C=CC1C2. The second-order valence-electron chi connectivity index (χ2n) is 7.15. The number of nitrogens with one attached hydrogen (secondary N) is 2. The number of allylic oxidation sites excluding steroid dienone is 2. The van der Waals surface area contributed by atoms with Crippen molar-refractivity contribution in [1.82, 2.24) is 10.6 Å². The van der Waals surface area contributed by atoms with Gasteiger partial charge in [-0.25, -0.2) is 0 Å². The fraction of sp³-hybridized carbons (Fsp3) is 0.812. The molecule has 0 radical (unpaired) electrons. The van der Waals surface area contributed by atoms with Crippen LogP contribution in [0, 0.1) is 17.8 Å². The molecule has 4 atom stereocenters. The molecule has 4 rings (SSSR count). The highest BCUT2D eigenvalue weighted by molar-refractivity contribution is 5.80. The Labute approximate surface area is 115 Å². The summed E-state index contributed by atoms with van der Waals surface area (Å²) < 4.78 is 0. The molecule has 4 aliphatic rings. The lowest BCUT2D eigenvalue weighted by molar-refractivity contribution is -0.126. The third kappa shape index (κ3) is 2.03. The van der Waals surface area contributed by atoms with Gasteiger partial charge in [0, 0.05) is 17.5 Å². The second-order valence-corrected chi connectivity index (χ2v) is 7.15. The van der Waals surface area contributed by atoms with E-state index in [1.165, 1.54) is 25.7 Å². The summed E-state index contributed by atoms with van der Waals surface area (Å²) in [6.07, 6.45) is 13.1. The minimum Gasteiger partial charge on any atom is -0.353 e. The number of rotatable bonds is 2. The number of piperidine rings is 1. The molecule has 3 aliphatic carbocycles. The molecule has 0 aromatic carbocycles. The third-order valence-corrected chi connectivity index (χ3v) is 5.90. The molecule has 1 spiro atoms. The van der Waals surface area contributed by atoms with E-state index in [9.17, 15) is 4.79 Å². The highest BCUT2D eigenvalue weighted by Gasteiger charge is 2.43. The first-order valence-electron chi connectivity index (χ1n) is 7.98. The van der Waals surface area contributed by atoms with Crippen LogP contribution in [0.4, 0.5) is 0 Å². The molecule has 1 amide bonds. The summed E-state index contributed by atoms with van der Waals surface area (Å²) >= 11 is 0. The Hall–Kier alpha value is -0.830. The fourth-order valence-electron chi connectivity index (χ4n) is 4.66. The number of carbonyl (C=O) groups is 1. The van der Waals surface area contributed by atoms with Crippen molar-refractivity contribution in [1.29, 1.82) is 0 Å². The van der Waals surface area contributed by atoms with Gasteiger partial charge in [0.15, 0.2) is 0 Å². The van der Waals surface area contributed by atoms with Crippen LogP contribution >= 0.6 is 0 Å².